The van der Waals surface area contributed by atoms with E-state index in [9.17, 15) is 4.39 Å². The average molecular weight is 285 g/mol. The zero-order valence-electron chi connectivity index (χ0n) is 8.54. The van der Waals surface area contributed by atoms with Crippen LogP contribution in [0.5, 0.6) is 0 Å². The summed E-state index contributed by atoms with van der Waals surface area (Å²) in [5.41, 5.74) is 0. The van der Waals surface area contributed by atoms with Crippen molar-refractivity contribution >= 4 is 21.7 Å². The Morgan fingerprint density at radius 1 is 1.50 bits per heavy atom. The van der Waals surface area contributed by atoms with Crippen LogP contribution in [0.15, 0.2) is 29.1 Å². The molecule has 0 amide bonds. The summed E-state index contributed by atoms with van der Waals surface area (Å²) in [5, 5.41) is 2.94. The third kappa shape index (κ3) is 2.38. The van der Waals surface area contributed by atoms with Gasteiger partial charge in [-0.1, -0.05) is 0 Å². The van der Waals surface area contributed by atoms with Crippen molar-refractivity contribution < 1.29 is 4.39 Å². The molecule has 16 heavy (non-hydrogen) atoms. The highest BCUT2D eigenvalue weighted by Crippen LogP contribution is 2.20. The largest absolute Gasteiger partial charge is 0.358 e. The Kier molecular flexibility index (Phi) is 3.19. The molecular weight excluding hydrogens is 275 g/mol. The number of hydrogen-bond acceptors (Lipinski definition) is 3. The maximum atomic E-state index is 13.5. The van der Waals surface area contributed by atoms with Crippen molar-refractivity contribution in [3.8, 4) is 0 Å². The SMILES string of the molecule is CC(Nc1ncc(Br)cc1F)c1ncc[nH]1. The van der Waals surface area contributed by atoms with E-state index in [2.05, 4.69) is 36.2 Å². The van der Waals surface area contributed by atoms with Gasteiger partial charge in [0.05, 0.1) is 6.04 Å². The van der Waals surface area contributed by atoms with Gasteiger partial charge in [-0.2, -0.15) is 0 Å². The Balaban J connectivity index is 2.15. The highest BCUT2D eigenvalue weighted by molar-refractivity contribution is 9.10. The van der Waals surface area contributed by atoms with Crippen molar-refractivity contribution in [1.82, 2.24) is 15.0 Å². The number of pyridine rings is 1. The number of halogens is 2. The molecule has 2 aromatic heterocycles. The lowest BCUT2D eigenvalue weighted by molar-refractivity contribution is 0.619. The number of imidazole rings is 1. The first-order chi connectivity index (χ1) is 7.66. The first-order valence-electron chi connectivity index (χ1n) is 4.73. The van der Waals surface area contributed by atoms with Gasteiger partial charge in [0.1, 0.15) is 5.82 Å². The molecule has 0 aliphatic carbocycles. The lowest BCUT2D eigenvalue weighted by Crippen LogP contribution is -2.10. The van der Waals surface area contributed by atoms with Gasteiger partial charge < -0.3 is 10.3 Å². The molecule has 0 saturated heterocycles. The summed E-state index contributed by atoms with van der Waals surface area (Å²) in [6, 6.07) is 1.24. The topological polar surface area (TPSA) is 53.6 Å². The highest BCUT2D eigenvalue weighted by atomic mass is 79.9. The van der Waals surface area contributed by atoms with E-state index in [-0.39, 0.29) is 11.9 Å². The van der Waals surface area contributed by atoms with E-state index in [0.717, 1.165) is 5.82 Å². The molecule has 0 aromatic carbocycles. The van der Waals surface area contributed by atoms with E-state index in [0.29, 0.717) is 4.47 Å². The molecule has 6 heteroatoms. The Bertz CT molecular complexity index is 472. The van der Waals surface area contributed by atoms with Crippen LogP contribution in [0.25, 0.3) is 0 Å². The Labute approximate surface area is 100 Å². The molecule has 0 bridgehead atoms. The van der Waals surface area contributed by atoms with Crippen molar-refractivity contribution in [2.24, 2.45) is 0 Å². The number of hydrogen-bond donors (Lipinski definition) is 2. The predicted molar refractivity (Wildman–Crippen MR) is 62.5 cm³/mol. The van der Waals surface area contributed by atoms with Gasteiger partial charge in [0.15, 0.2) is 11.6 Å². The maximum Gasteiger partial charge on any atom is 0.166 e. The van der Waals surface area contributed by atoms with Gasteiger partial charge in [0, 0.05) is 23.1 Å². The van der Waals surface area contributed by atoms with Crippen molar-refractivity contribution in [1.29, 1.82) is 0 Å². The monoisotopic (exact) mass is 284 g/mol. The first-order valence-corrected chi connectivity index (χ1v) is 5.53. The van der Waals surface area contributed by atoms with Gasteiger partial charge in [-0.05, 0) is 28.9 Å². The molecule has 0 radical (unpaired) electrons. The van der Waals surface area contributed by atoms with Crippen LogP contribution in [0.2, 0.25) is 0 Å². The van der Waals surface area contributed by atoms with E-state index in [1.165, 1.54) is 6.07 Å². The van der Waals surface area contributed by atoms with Crippen LogP contribution in [0.1, 0.15) is 18.8 Å². The summed E-state index contributed by atoms with van der Waals surface area (Å²) in [6.45, 7) is 1.88. The average Bonchev–Trinajstić information content (AvgIpc) is 2.75. The number of anilines is 1. The molecule has 0 spiro atoms. The first kappa shape index (κ1) is 11.1. The number of aromatic amines is 1. The number of H-pyrrole nitrogens is 1. The highest BCUT2D eigenvalue weighted by Gasteiger charge is 2.11. The number of nitrogens with one attached hydrogen (secondary N) is 2. The van der Waals surface area contributed by atoms with Crippen molar-refractivity contribution in [2.75, 3.05) is 5.32 Å². The van der Waals surface area contributed by atoms with E-state index in [1.54, 1.807) is 18.6 Å². The summed E-state index contributed by atoms with van der Waals surface area (Å²) in [4.78, 5) is 11.0. The van der Waals surface area contributed by atoms with Crippen molar-refractivity contribution in [3.05, 3.63) is 40.8 Å². The normalized spacial score (nSPS) is 12.4. The van der Waals surface area contributed by atoms with Crippen LogP contribution in [0, 0.1) is 5.82 Å². The second-order valence-corrected chi connectivity index (χ2v) is 4.24. The van der Waals surface area contributed by atoms with Gasteiger partial charge in [-0.3, -0.25) is 0 Å². The standard InChI is InChI=1S/C10H10BrFN4/c1-6(9-13-2-3-14-9)16-10-8(12)4-7(11)5-15-10/h2-6H,1H3,(H,13,14)(H,15,16). The van der Waals surface area contributed by atoms with Gasteiger partial charge in [0.2, 0.25) is 0 Å². The predicted octanol–water partition coefficient (Wildman–Crippen LogP) is 2.88. The zero-order valence-corrected chi connectivity index (χ0v) is 10.1. The van der Waals surface area contributed by atoms with E-state index < -0.39 is 5.82 Å². The molecular formula is C10H10BrFN4. The molecule has 0 aliphatic heterocycles. The van der Waals surface area contributed by atoms with Crippen LogP contribution in [0.3, 0.4) is 0 Å². The minimum Gasteiger partial charge on any atom is -0.358 e. The summed E-state index contributed by atoms with van der Waals surface area (Å²) in [5.74, 6) is 0.559. The molecule has 84 valence electrons. The third-order valence-corrected chi connectivity index (χ3v) is 2.52. The fourth-order valence-electron chi connectivity index (χ4n) is 1.31. The summed E-state index contributed by atoms with van der Waals surface area (Å²) >= 11 is 3.15. The Morgan fingerprint density at radius 3 is 2.94 bits per heavy atom. The van der Waals surface area contributed by atoms with Gasteiger partial charge in [0.25, 0.3) is 0 Å². The lowest BCUT2D eigenvalue weighted by atomic mass is 10.3. The maximum absolute atomic E-state index is 13.5. The minimum atomic E-state index is -0.396. The van der Waals surface area contributed by atoms with Crippen LogP contribution < -0.4 is 5.32 Å². The smallest absolute Gasteiger partial charge is 0.166 e. The third-order valence-electron chi connectivity index (χ3n) is 2.09. The second-order valence-electron chi connectivity index (χ2n) is 3.32. The fourth-order valence-corrected chi connectivity index (χ4v) is 1.61. The fraction of sp³-hybridized carbons (Fsp3) is 0.200. The molecule has 1 atom stereocenters. The Morgan fingerprint density at radius 2 is 2.31 bits per heavy atom. The van der Waals surface area contributed by atoms with Gasteiger partial charge in [-0.15, -0.1) is 0 Å². The van der Waals surface area contributed by atoms with E-state index in [4.69, 9.17) is 0 Å². The van der Waals surface area contributed by atoms with Crippen LogP contribution in [-0.2, 0) is 0 Å². The lowest BCUT2D eigenvalue weighted by Gasteiger charge is -2.12. The number of rotatable bonds is 3. The minimum absolute atomic E-state index is 0.127. The molecule has 0 aliphatic rings. The summed E-state index contributed by atoms with van der Waals surface area (Å²) in [7, 11) is 0. The van der Waals surface area contributed by atoms with E-state index >= 15 is 0 Å². The zero-order chi connectivity index (χ0) is 11.5. The molecule has 2 N–H and O–H groups in total. The molecule has 2 aromatic rings. The van der Waals surface area contributed by atoms with Gasteiger partial charge >= 0.3 is 0 Å². The number of nitrogens with zero attached hydrogens (tertiary/aromatic N) is 2. The molecule has 1 unspecified atom stereocenters. The molecule has 0 fully saturated rings. The van der Waals surface area contributed by atoms with E-state index in [1.807, 2.05) is 6.92 Å². The van der Waals surface area contributed by atoms with Crippen LogP contribution in [0.4, 0.5) is 10.2 Å². The number of aromatic nitrogens is 3. The van der Waals surface area contributed by atoms with Crippen LogP contribution >= 0.6 is 15.9 Å². The molecule has 4 nitrogen and oxygen atoms in total. The van der Waals surface area contributed by atoms with Gasteiger partial charge in [-0.25, -0.2) is 14.4 Å². The molecule has 2 rings (SSSR count). The quantitative estimate of drug-likeness (QED) is 0.911. The summed E-state index contributed by atoms with van der Waals surface area (Å²) in [6.07, 6.45) is 4.91. The second kappa shape index (κ2) is 4.61. The van der Waals surface area contributed by atoms with Crippen LogP contribution in [-0.4, -0.2) is 15.0 Å². The summed E-state index contributed by atoms with van der Waals surface area (Å²) < 4.78 is 14.1. The molecule has 2 heterocycles. The molecule has 0 saturated carbocycles. The van der Waals surface area contributed by atoms with Crippen molar-refractivity contribution in [3.63, 3.8) is 0 Å². The Hall–Kier alpha value is -1.43. The van der Waals surface area contributed by atoms with Crippen molar-refractivity contribution in [2.45, 2.75) is 13.0 Å².